The van der Waals surface area contributed by atoms with Crippen molar-refractivity contribution in [3.8, 4) is 0 Å². The fourth-order valence-electron chi connectivity index (χ4n) is 1.37. The zero-order valence-corrected chi connectivity index (χ0v) is 8.16. The Bertz CT molecular complexity index is 337. The molecule has 0 radical (unpaired) electrons. The van der Waals surface area contributed by atoms with Crippen LogP contribution in [0.25, 0.3) is 0 Å². The van der Waals surface area contributed by atoms with Gasteiger partial charge in [-0.1, -0.05) is 30.0 Å². The summed E-state index contributed by atoms with van der Waals surface area (Å²) in [6.45, 7) is 1.94. The van der Waals surface area contributed by atoms with E-state index < -0.39 is 5.56 Å². The van der Waals surface area contributed by atoms with E-state index >= 15 is 0 Å². The summed E-state index contributed by atoms with van der Waals surface area (Å²) in [7, 11) is 0. The van der Waals surface area contributed by atoms with Crippen molar-refractivity contribution in [2.24, 2.45) is 0 Å². The zero-order chi connectivity index (χ0) is 9.26. The fraction of sp³-hybridized carbons (Fsp3) is 0.200. The Morgan fingerprint density at radius 1 is 1.46 bits per heavy atom. The summed E-state index contributed by atoms with van der Waals surface area (Å²) in [5, 5.41) is 9.68. The Morgan fingerprint density at radius 3 is 3.00 bits per heavy atom. The molecule has 0 spiro atoms. The number of benzene rings is 1. The standard InChI is InChI=1S/C10H11NOS/c1-2-7-11-8-5-3-4-6-9(8)13-10(11)12/h2-7,10,12H,1H3. The molecule has 1 heterocycles. The normalized spacial score (nSPS) is 21.1. The molecule has 2 nitrogen and oxygen atoms in total. The van der Waals surface area contributed by atoms with E-state index in [1.807, 2.05) is 48.4 Å². The second-order valence-electron chi connectivity index (χ2n) is 2.80. The molecule has 13 heavy (non-hydrogen) atoms. The van der Waals surface area contributed by atoms with Crippen molar-refractivity contribution in [3.63, 3.8) is 0 Å². The SMILES string of the molecule is CC=CN1c2ccccc2SC1O. The highest BCUT2D eigenvalue weighted by Crippen LogP contribution is 2.41. The molecule has 1 atom stereocenters. The van der Waals surface area contributed by atoms with Crippen LogP contribution < -0.4 is 4.90 Å². The Labute approximate surface area is 81.9 Å². The minimum atomic E-state index is -0.478. The molecule has 0 fully saturated rings. The first-order chi connectivity index (χ1) is 6.33. The Hall–Kier alpha value is -0.930. The van der Waals surface area contributed by atoms with Crippen molar-refractivity contribution >= 4 is 17.4 Å². The number of aliphatic hydroxyl groups is 1. The minimum Gasteiger partial charge on any atom is -0.364 e. The van der Waals surface area contributed by atoms with Crippen molar-refractivity contribution in [2.75, 3.05) is 4.90 Å². The maximum Gasteiger partial charge on any atom is 0.184 e. The Morgan fingerprint density at radius 2 is 2.23 bits per heavy atom. The van der Waals surface area contributed by atoms with Crippen LogP contribution in [0, 0.1) is 0 Å². The van der Waals surface area contributed by atoms with E-state index in [1.165, 1.54) is 11.8 Å². The summed E-state index contributed by atoms with van der Waals surface area (Å²) in [6, 6.07) is 8.00. The van der Waals surface area contributed by atoms with Gasteiger partial charge in [0, 0.05) is 11.1 Å². The van der Waals surface area contributed by atoms with Crippen LogP contribution in [0.15, 0.2) is 41.4 Å². The van der Waals surface area contributed by atoms with Gasteiger partial charge in [0.1, 0.15) is 0 Å². The van der Waals surface area contributed by atoms with E-state index in [9.17, 15) is 5.11 Å². The Balaban J connectivity index is 2.40. The predicted molar refractivity (Wildman–Crippen MR) is 55.6 cm³/mol. The maximum atomic E-state index is 9.68. The van der Waals surface area contributed by atoms with E-state index in [0.29, 0.717) is 0 Å². The second kappa shape index (κ2) is 3.44. The molecule has 2 rings (SSSR count). The van der Waals surface area contributed by atoms with Gasteiger partial charge in [0.15, 0.2) is 5.56 Å². The quantitative estimate of drug-likeness (QED) is 0.741. The minimum absolute atomic E-state index is 0.478. The monoisotopic (exact) mass is 193 g/mol. The average Bonchev–Trinajstić information content (AvgIpc) is 2.44. The van der Waals surface area contributed by atoms with Crippen LogP contribution in [-0.2, 0) is 0 Å². The molecule has 0 aromatic heterocycles. The first-order valence-electron chi connectivity index (χ1n) is 4.18. The largest absolute Gasteiger partial charge is 0.364 e. The third-order valence-corrected chi connectivity index (χ3v) is 2.96. The zero-order valence-electron chi connectivity index (χ0n) is 7.34. The topological polar surface area (TPSA) is 23.5 Å². The molecule has 1 aromatic carbocycles. The summed E-state index contributed by atoms with van der Waals surface area (Å²) in [5.41, 5.74) is 0.603. The van der Waals surface area contributed by atoms with Crippen molar-refractivity contribution in [3.05, 3.63) is 36.5 Å². The van der Waals surface area contributed by atoms with E-state index in [4.69, 9.17) is 0 Å². The highest BCUT2D eigenvalue weighted by atomic mass is 32.2. The molecule has 0 bridgehead atoms. The number of aliphatic hydroxyl groups excluding tert-OH is 1. The van der Waals surface area contributed by atoms with E-state index in [0.717, 1.165) is 10.6 Å². The first-order valence-corrected chi connectivity index (χ1v) is 5.06. The summed E-state index contributed by atoms with van der Waals surface area (Å²) in [4.78, 5) is 2.99. The highest BCUT2D eigenvalue weighted by molar-refractivity contribution is 8.00. The molecule has 1 aliphatic rings. The van der Waals surface area contributed by atoms with Crippen LogP contribution in [-0.4, -0.2) is 10.7 Å². The van der Waals surface area contributed by atoms with Crippen molar-refractivity contribution in [1.29, 1.82) is 0 Å². The molecule has 1 N–H and O–H groups in total. The van der Waals surface area contributed by atoms with Gasteiger partial charge in [-0.05, 0) is 19.1 Å². The number of rotatable bonds is 1. The van der Waals surface area contributed by atoms with Gasteiger partial charge in [0.2, 0.25) is 0 Å². The van der Waals surface area contributed by atoms with E-state index in [2.05, 4.69) is 0 Å². The Kier molecular flexibility index (Phi) is 2.29. The molecule has 3 heteroatoms. The van der Waals surface area contributed by atoms with Crippen LogP contribution in [0.5, 0.6) is 0 Å². The van der Waals surface area contributed by atoms with Gasteiger partial charge in [0.25, 0.3) is 0 Å². The van der Waals surface area contributed by atoms with E-state index in [1.54, 1.807) is 0 Å². The predicted octanol–water partition coefficient (Wildman–Crippen LogP) is 2.41. The van der Waals surface area contributed by atoms with Crippen molar-refractivity contribution in [1.82, 2.24) is 0 Å². The van der Waals surface area contributed by atoms with Gasteiger partial charge >= 0.3 is 0 Å². The number of anilines is 1. The molecule has 0 amide bonds. The van der Waals surface area contributed by atoms with Gasteiger partial charge in [0.05, 0.1) is 5.69 Å². The van der Waals surface area contributed by atoms with Gasteiger partial charge in [-0.15, -0.1) is 0 Å². The summed E-state index contributed by atoms with van der Waals surface area (Å²) in [6.07, 6.45) is 3.81. The summed E-state index contributed by atoms with van der Waals surface area (Å²) < 4.78 is 0. The number of hydrogen-bond acceptors (Lipinski definition) is 3. The lowest BCUT2D eigenvalue weighted by Crippen LogP contribution is -2.22. The van der Waals surface area contributed by atoms with Crippen LogP contribution in [0.3, 0.4) is 0 Å². The van der Waals surface area contributed by atoms with Crippen LogP contribution in [0.2, 0.25) is 0 Å². The van der Waals surface area contributed by atoms with Crippen LogP contribution >= 0.6 is 11.8 Å². The molecule has 0 saturated heterocycles. The van der Waals surface area contributed by atoms with Crippen LogP contribution in [0.1, 0.15) is 6.92 Å². The number of fused-ring (bicyclic) bond motifs is 1. The lowest BCUT2D eigenvalue weighted by atomic mass is 10.3. The lowest BCUT2D eigenvalue weighted by molar-refractivity contribution is 0.271. The van der Waals surface area contributed by atoms with Gasteiger partial charge < -0.3 is 10.0 Å². The van der Waals surface area contributed by atoms with Gasteiger partial charge in [-0.25, -0.2) is 0 Å². The molecule has 68 valence electrons. The number of para-hydroxylation sites is 1. The number of hydrogen-bond donors (Lipinski definition) is 1. The third kappa shape index (κ3) is 1.45. The lowest BCUT2D eigenvalue weighted by Gasteiger charge is -2.16. The summed E-state index contributed by atoms with van der Waals surface area (Å²) >= 11 is 1.47. The van der Waals surface area contributed by atoms with Crippen LogP contribution in [0.4, 0.5) is 5.69 Å². The van der Waals surface area contributed by atoms with Gasteiger partial charge in [-0.3, -0.25) is 0 Å². The third-order valence-electron chi connectivity index (χ3n) is 1.92. The molecule has 1 aliphatic heterocycles. The molecular weight excluding hydrogens is 182 g/mol. The molecular formula is C10H11NOS. The van der Waals surface area contributed by atoms with Crippen molar-refractivity contribution < 1.29 is 5.11 Å². The number of thioether (sulfide) groups is 1. The average molecular weight is 193 g/mol. The second-order valence-corrected chi connectivity index (χ2v) is 3.90. The van der Waals surface area contributed by atoms with E-state index in [-0.39, 0.29) is 0 Å². The molecule has 1 aromatic rings. The fourth-order valence-corrected chi connectivity index (χ4v) is 2.35. The highest BCUT2D eigenvalue weighted by Gasteiger charge is 2.25. The smallest absolute Gasteiger partial charge is 0.184 e. The first kappa shape index (κ1) is 8.66. The molecule has 0 saturated carbocycles. The molecule has 0 aliphatic carbocycles. The molecule has 1 unspecified atom stereocenters. The number of nitrogens with zero attached hydrogens (tertiary/aromatic N) is 1. The summed E-state index contributed by atoms with van der Waals surface area (Å²) in [5.74, 6) is 0. The van der Waals surface area contributed by atoms with Crippen molar-refractivity contribution in [2.45, 2.75) is 17.4 Å². The number of allylic oxidation sites excluding steroid dienone is 1. The van der Waals surface area contributed by atoms with Gasteiger partial charge in [-0.2, -0.15) is 0 Å². The maximum absolute atomic E-state index is 9.68.